The number of pyridine rings is 1. The minimum Gasteiger partial charge on any atom is -0.376 e. The number of aromatic nitrogens is 1. The van der Waals surface area contributed by atoms with E-state index < -0.39 is 0 Å². The molecule has 0 aliphatic carbocycles. The topological polar surface area (TPSA) is 100 Å². The van der Waals surface area contributed by atoms with Gasteiger partial charge < -0.3 is 21.3 Å². The third-order valence-corrected chi connectivity index (χ3v) is 2.16. The van der Waals surface area contributed by atoms with E-state index in [1.54, 1.807) is 12.3 Å². The molecule has 0 aromatic carbocycles. The van der Waals surface area contributed by atoms with E-state index in [0.717, 1.165) is 5.69 Å². The Bertz CT molecular complexity index is 425. The quantitative estimate of drug-likeness (QED) is 0.708. The highest BCUT2D eigenvalue weighted by atomic mass is 35.5. The van der Waals surface area contributed by atoms with E-state index in [4.69, 9.17) is 5.73 Å². The van der Waals surface area contributed by atoms with Gasteiger partial charge in [-0.05, 0) is 12.1 Å². The van der Waals surface area contributed by atoms with Gasteiger partial charge in [-0.15, -0.1) is 24.8 Å². The first kappa shape index (κ1) is 20.7. The van der Waals surface area contributed by atoms with Crippen LogP contribution in [-0.2, 0) is 9.59 Å². The van der Waals surface area contributed by atoms with Gasteiger partial charge in [0.1, 0.15) is 5.82 Å². The molecule has 2 amide bonds. The van der Waals surface area contributed by atoms with Gasteiger partial charge in [-0.3, -0.25) is 9.59 Å². The van der Waals surface area contributed by atoms with Crippen molar-refractivity contribution in [2.24, 2.45) is 5.73 Å². The lowest BCUT2D eigenvalue weighted by Gasteiger charge is -2.12. The predicted octanol–water partition coefficient (Wildman–Crippen LogP) is 0.00460. The summed E-state index contributed by atoms with van der Waals surface area (Å²) in [4.78, 5) is 28.3. The Morgan fingerprint density at radius 2 is 1.90 bits per heavy atom. The second-order valence-corrected chi connectivity index (χ2v) is 3.83. The second kappa shape index (κ2) is 10.2. The fourth-order valence-corrected chi connectivity index (χ4v) is 1.16. The van der Waals surface area contributed by atoms with E-state index in [2.05, 4.69) is 15.6 Å². The van der Waals surface area contributed by atoms with E-state index in [-0.39, 0.29) is 49.7 Å². The van der Waals surface area contributed by atoms with Crippen molar-refractivity contribution in [3.8, 4) is 0 Å². The summed E-state index contributed by atoms with van der Waals surface area (Å²) in [5.74, 6) is -0.282. The maximum absolute atomic E-state index is 11.4. The van der Waals surface area contributed by atoms with Crippen LogP contribution in [-0.4, -0.2) is 44.0 Å². The number of nitrogens with zero attached hydrogens (tertiary/aromatic N) is 2. The smallest absolute Gasteiger partial charge is 0.244 e. The molecule has 114 valence electrons. The first-order valence-electron chi connectivity index (χ1n) is 5.43. The summed E-state index contributed by atoms with van der Waals surface area (Å²) >= 11 is 0. The highest BCUT2D eigenvalue weighted by molar-refractivity contribution is 5.94. The van der Waals surface area contributed by atoms with Crippen molar-refractivity contribution in [2.45, 2.75) is 0 Å². The SMILES string of the molecule is CN(C)c1ccc(NC(=O)CNC(=O)CN)nc1.Cl.Cl. The van der Waals surface area contributed by atoms with Gasteiger partial charge in [-0.1, -0.05) is 0 Å². The molecule has 20 heavy (non-hydrogen) atoms. The number of anilines is 2. The molecule has 4 N–H and O–H groups in total. The van der Waals surface area contributed by atoms with Crippen LogP contribution in [0, 0.1) is 0 Å². The minimum atomic E-state index is -0.374. The minimum absolute atomic E-state index is 0. The molecular formula is C11H19Cl2N5O2. The third-order valence-electron chi connectivity index (χ3n) is 2.16. The van der Waals surface area contributed by atoms with Crippen molar-refractivity contribution in [2.75, 3.05) is 37.4 Å². The van der Waals surface area contributed by atoms with Crippen LogP contribution >= 0.6 is 24.8 Å². The first-order valence-corrected chi connectivity index (χ1v) is 5.43. The molecule has 0 radical (unpaired) electrons. The molecule has 0 fully saturated rings. The Morgan fingerprint density at radius 1 is 1.25 bits per heavy atom. The average Bonchev–Trinajstić information content (AvgIpc) is 2.36. The lowest BCUT2D eigenvalue weighted by atomic mass is 10.4. The molecule has 1 aromatic rings. The highest BCUT2D eigenvalue weighted by Crippen LogP contribution is 2.11. The Morgan fingerprint density at radius 3 is 2.35 bits per heavy atom. The summed E-state index contributed by atoms with van der Waals surface area (Å²) in [6.45, 7) is -0.254. The Balaban J connectivity index is 0. The molecule has 0 unspecified atom stereocenters. The standard InChI is InChI=1S/C11H17N5O2.2ClH/c1-16(2)8-3-4-9(13-6-8)15-11(18)7-14-10(17)5-12;;/h3-4,6H,5,7,12H2,1-2H3,(H,14,17)(H,13,15,18);2*1H. The van der Waals surface area contributed by atoms with Crippen molar-refractivity contribution >= 4 is 48.1 Å². The number of nitrogens with two attached hydrogens (primary N) is 1. The third kappa shape index (κ3) is 7.13. The van der Waals surface area contributed by atoms with Crippen molar-refractivity contribution in [3.05, 3.63) is 18.3 Å². The summed E-state index contributed by atoms with van der Waals surface area (Å²) in [6.07, 6.45) is 1.65. The molecule has 1 heterocycles. The molecule has 0 aliphatic heterocycles. The molecule has 0 spiro atoms. The summed E-state index contributed by atoms with van der Waals surface area (Å²) < 4.78 is 0. The van der Waals surface area contributed by atoms with Gasteiger partial charge >= 0.3 is 0 Å². The summed E-state index contributed by atoms with van der Waals surface area (Å²) in [5.41, 5.74) is 6.03. The van der Waals surface area contributed by atoms with Crippen LogP contribution in [0.1, 0.15) is 0 Å². The van der Waals surface area contributed by atoms with Crippen molar-refractivity contribution in [3.63, 3.8) is 0 Å². The molecule has 9 heteroatoms. The first-order chi connectivity index (χ1) is 8.52. The number of hydrogen-bond donors (Lipinski definition) is 3. The molecule has 7 nitrogen and oxygen atoms in total. The van der Waals surface area contributed by atoms with E-state index >= 15 is 0 Å². The zero-order valence-electron chi connectivity index (χ0n) is 11.3. The zero-order valence-corrected chi connectivity index (χ0v) is 12.9. The van der Waals surface area contributed by atoms with Crippen molar-refractivity contribution < 1.29 is 9.59 Å². The van der Waals surface area contributed by atoms with Crippen LogP contribution < -0.4 is 21.3 Å². The van der Waals surface area contributed by atoms with Crippen LogP contribution in [0.3, 0.4) is 0 Å². The Labute approximate surface area is 130 Å². The maximum atomic E-state index is 11.4. The van der Waals surface area contributed by atoms with Crippen LogP contribution in [0.25, 0.3) is 0 Å². The number of amides is 2. The molecule has 0 atom stereocenters. The van der Waals surface area contributed by atoms with E-state index in [1.165, 1.54) is 0 Å². The Hall–Kier alpha value is -1.57. The van der Waals surface area contributed by atoms with E-state index in [0.29, 0.717) is 5.82 Å². The van der Waals surface area contributed by atoms with Crippen LogP contribution in [0.5, 0.6) is 0 Å². The van der Waals surface area contributed by atoms with Gasteiger partial charge in [-0.2, -0.15) is 0 Å². The second-order valence-electron chi connectivity index (χ2n) is 3.83. The largest absolute Gasteiger partial charge is 0.376 e. The van der Waals surface area contributed by atoms with Gasteiger partial charge in [0.15, 0.2) is 0 Å². The van der Waals surface area contributed by atoms with Gasteiger partial charge in [0.05, 0.1) is 25.0 Å². The molecule has 1 aromatic heterocycles. The fourth-order valence-electron chi connectivity index (χ4n) is 1.16. The number of halogens is 2. The maximum Gasteiger partial charge on any atom is 0.244 e. The molecule has 0 saturated carbocycles. The number of nitrogens with one attached hydrogen (secondary N) is 2. The predicted molar refractivity (Wildman–Crippen MR) is 83.8 cm³/mol. The normalized spacial score (nSPS) is 8.75. The van der Waals surface area contributed by atoms with E-state index in [1.807, 2.05) is 25.1 Å². The zero-order chi connectivity index (χ0) is 13.5. The van der Waals surface area contributed by atoms with Gasteiger partial charge in [-0.25, -0.2) is 4.98 Å². The number of carbonyl (C=O) groups is 2. The van der Waals surface area contributed by atoms with Crippen LogP contribution in [0.15, 0.2) is 18.3 Å². The lowest BCUT2D eigenvalue weighted by molar-refractivity contribution is -0.123. The average molecular weight is 324 g/mol. The van der Waals surface area contributed by atoms with Crippen LogP contribution in [0.2, 0.25) is 0 Å². The number of hydrogen-bond acceptors (Lipinski definition) is 5. The highest BCUT2D eigenvalue weighted by Gasteiger charge is 2.05. The summed E-state index contributed by atoms with van der Waals surface area (Å²) in [7, 11) is 3.80. The molecule has 0 aliphatic rings. The van der Waals surface area contributed by atoms with Gasteiger partial charge in [0.2, 0.25) is 11.8 Å². The Kier molecular flexibility index (Phi) is 10.6. The van der Waals surface area contributed by atoms with Gasteiger partial charge in [0.25, 0.3) is 0 Å². The molecule has 0 bridgehead atoms. The van der Waals surface area contributed by atoms with Crippen molar-refractivity contribution in [1.82, 2.24) is 10.3 Å². The monoisotopic (exact) mass is 323 g/mol. The molecule has 0 saturated heterocycles. The lowest BCUT2D eigenvalue weighted by Crippen LogP contribution is -2.36. The van der Waals surface area contributed by atoms with Crippen molar-refractivity contribution in [1.29, 1.82) is 0 Å². The molecular weight excluding hydrogens is 305 g/mol. The number of rotatable bonds is 5. The summed E-state index contributed by atoms with van der Waals surface area (Å²) in [6, 6.07) is 3.53. The fraction of sp³-hybridized carbons (Fsp3) is 0.364. The number of carbonyl (C=O) groups excluding carboxylic acids is 2. The summed E-state index contributed by atoms with van der Waals surface area (Å²) in [5, 5.41) is 4.93. The van der Waals surface area contributed by atoms with E-state index in [9.17, 15) is 9.59 Å². The van der Waals surface area contributed by atoms with Crippen LogP contribution in [0.4, 0.5) is 11.5 Å². The van der Waals surface area contributed by atoms with Gasteiger partial charge in [0, 0.05) is 14.1 Å². The molecule has 1 rings (SSSR count).